The first-order chi connectivity index (χ1) is 29.6. The zero-order valence-electron chi connectivity index (χ0n) is 34.3. The third-order valence-electron chi connectivity index (χ3n) is 9.74. The van der Waals surface area contributed by atoms with Crippen LogP contribution in [0.4, 0.5) is 0 Å². The molecule has 19 heteroatoms. The molecular formula is C43H57IN10O8. The van der Waals surface area contributed by atoms with Crippen LogP contribution < -0.4 is 55.3 Å². The standard InChI is InChI=1S/C43H57IN10O8/c44-29(17-10-22-45)37(38(49)57)54-43(62)34(25-28-15-8-3-9-16-28)53-41(60)32(19-21-36(48)56)51-42(61)33(24-27-13-6-2-7-14-27)52-40(59)31(18-20-35(47)55)50-39(58)30(46)23-26-11-4-1-5-12-26/h1-9,11-16,29-34,37H,10,17-25,45-46H2,(H2,47,55)(H2,48,56)(H2,49,57)(H,50,58)(H,51,61)(H,52,59)(H,53,60)(H,54,62)/t29?,30-,31-,32-,33-,34-,37-/m0/s1. The van der Waals surface area contributed by atoms with Crippen molar-refractivity contribution in [1.82, 2.24) is 26.6 Å². The highest BCUT2D eigenvalue weighted by Gasteiger charge is 2.34. The molecule has 0 aliphatic rings. The van der Waals surface area contributed by atoms with Crippen molar-refractivity contribution in [2.24, 2.45) is 28.7 Å². The predicted molar refractivity (Wildman–Crippen MR) is 240 cm³/mol. The quantitative estimate of drug-likeness (QED) is 0.0329. The Hall–Kier alpha value is -5.93. The molecule has 0 fully saturated rings. The van der Waals surface area contributed by atoms with Crippen molar-refractivity contribution < 1.29 is 38.4 Å². The molecular weight excluding hydrogens is 911 g/mol. The zero-order valence-corrected chi connectivity index (χ0v) is 36.5. The normalized spacial score (nSPS) is 14.3. The van der Waals surface area contributed by atoms with Crippen LogP contribution in [0, 0.1) is 0 Å². The number of nitrogens with one attached hydrogen (secondary N) is 5. The smallest absolute Gasteiger partial charge is 0.243 e. The number of nitrogens with two attached hydrogens (primary N) is 5. The fraction of sp³-hybridized carbons (Fsp3) is 0.395. The van der Waals surface area contributed by atoms with Crippen molar-refractivity contribution in [2.45, 2.75) is 98.0 Å². The minimum absolute atomic E-state index is 0.0325. The number of carbonyl (C=O) groups excluding carboxylic acids is 8. The van der Waals surface area contributed by atoms with Gasteiger partial charge in [-0.3, -0.25) is 38.4 Å². The summed E-state index contributed by atoms with van der Waals surface area (Å²) >= 11 is 2.01. The maximum absolute atomic E-state index is 14.2. The van der Waals surface area contributed by atoms with Gasteiger partial charge in [-0.25, -0.2) is 0 Å². The summed E-state index contributed by atoms with van der Waals surface area (Å²) < 4.78 is -0.417. The number of halogens is 1. The lowest BCUT2D eigenvalue weighted by atomic mass is 10.0. The van der Waals surface area contributed by atoms with Gasteiger partial charge in [0.2, 0.25) is 47.3 Å². The van der Waals surface area contributed by atoms with Crippen LogP contribution in [0.3, 0.4) is 0 Å². The third-order valence-corrected chi connectivity index (χ3v) is 11.1. The molecule has 18 nitrogen and oxygen atoms in total. The van der Waals surface area contributed by atoms with E-state index >= 15 is 0 Å². The number of alkyl halides is 1. The third kappa shape index (κ3) is 18.0. The number of carbonyl (C=O) groups is 8. The summed E-state index contributed by atoms with van der Waals surface area (Å²) in [7, 11) is 0. The molecule has 3 rings (SSSR count). The van der Waals surface area contributed by atoms with Gasteiger partial charge < -0.3 is 55.3 Å². The maximum Gasteiger partial charge on any atom is 0.243 e. The van der Waals surface area contributed by atoms with Gasteiger partial charge >= 0.3 is 0 Å². The molecule has 3 aromatic carbocycles. The molecule has 334 valence electrons. The van der Waals surface area contributed by atoms with Crippen molar-refractivity contribution in [3.8, 4) is 0 Å². The van der Waals surface area contributed by atoms with E-state index in [0.29, 0.717) is 30.5 Å². The highest BCUT2D eigenvalue weighted by molar-refractivity contribution is 14.1. The fourth-order valence-electron chi connectivity index (χ4n) is 6.36. The Bertz CT molecular complexity index is 1960. The van der Waals surface area contributed by atoms with Gasteiger partial charge in [0.25, 0.3) is 0 Å². The van der Waals surface area contributed by atoms with Crippen molar-refractivity contribution >= 4 is 69.8 Å². The van der Waals surface area contributed by atoms with Crippen LogP contribution >= 0.6 is 22.6 Å². The Morgan fingerprint density at radius 2 is 0.839 bits per heavy atom. The summed E-state index contributed by atoms with van der Waals surface area (Å²) in [5.41, 5.74) is 30.4. The Labute approximate surface area is 374 Å². The van der Waals surface area contributed by atoms with Crippen LogP contribution in [0.5, 0.6) is 0 Å². The summed E-state index contributed by atoms with van der Waals surface area (Å²) in [4.78, 5) is 106. The summed E-state index contributed by atoms with van der Waals surface area (Å²) in [5, 5.41) is 13.1. The average molecular weight is 969 g/mol. The summed E-state index contributed by atoms with van der Waals surface area (Å²) in [5.74, 6) is -6.31. The number of hydrogen-bond acceptors (Lipinski definition) is 10. The van der Waals surface area contributed by atoms with Crippen LogP contribution in [-0.4, -0.2) is 94.0 Å². The van der Waals surface area contributed by atoms with Gasteiger partial charge in [-0.2, -0.15) is 0 Å². The van der Waals surface area contributed by atoms with Gasteiger partial charge in [-0.1, -0.05) is 114 Å². The SMILES string of the molecule is NCCCC(I)[C@H](NC(=O)[C@H](Cc1ccccc1)NC(=O)[C@H](CCC(N)=O)NC(=O)[C@H](Cc1ccccc1)NC(=O)[C@H](CCC(N)=O)NC(=O)[C@@H](N)Cc1ccccc1)C(N)=O. The number of rotatable bonds is 27. The molecule has 8 amide bonds. The predicted octanol–water partition coefficient (Wildman–Crippen LogP) is -0.975. The van der Waals surface area contributed by atoms with E-state index in [2.05, 4.69) is 26.6 Å². The Morgan fingerprint density at radius 1 is 0.484 bits per heavy atom. The molecule has 0 saturated carbocycles. The van der Waals surface area contributed by atoms with E-state index in [9.17, 15) is 38.4 Å². The van der Waals surface area contributed by atoms with Crippen molar-refractivity contribution in [2.75, 3.05) is 6.54 Å². The van der Waals surface area contributed by atoms with E-state index in [1.165, 1.54) is 0 Å². The molecule has 0 aromatic heterocycles. The largest absolute Gasteiger partial charge is 0.370 e. The number of hydrogen-bond donors (Lipinski definition) is 10. The lowest BCUT2D eigenvalue weighted by molar-refractivity contribution is -0.135. The van der Waals surface area contributed by atoms with Crippen LogP contribution in [0.2, 0.25) is 0 Å². The topological polar surface area (TPSA) is 327 Å². The molecule has 0 aliphatic carbocycles. The summed E-state index contributed by atoms with van der Waals surface area (Å²) in [6.07, 6.45) is -0.0980. The van der Waals surface area contributed by atoms with E-state index in [0.717, 1.165) is 5.56 Å². The summed E-state index contributed by atoms with van der Waals surface area (Å²) in [6, 6.07) is 18.6. The number of amides is 8. The first-order valence-corrected chi connectivity index (χ1v) is 21.4. The van der Waals surface area contributed by atoms with E-state index < -0.39 is 87.4 Å². The molecule has 7 atom stereocenters. The number of primary amides is 3. The van der Waals surface area contributed by atoms with Crippen LogP contribution in [0.15, 0.2) is 91.0 Å². The van der Waals surface area contributed by atoms with Crippen LogP contribution in [0.1, 0.15) is 55.2 Å². The summed E-state index contributed by atoms with van der Waals surface area (Å²) in [6.45, 7) is 0.357. The zero-order chi connectivity index (χ0) is 45.6. The van der Waals surface area contributed by atoms with Gasteiger partial charge in [0.05, 0.1) is 6.04 Å². The van der Waals surface area contributed by atoms with E-state index in [1.54, 1.807) is 84.9 Å². The van der Waals surface area contributed by atoms with Crippen molar-refractivity contribution in [3.63, 3.8) is 0 Å². The van der Waals surface area contributed by atoms with Crippen LogP contribution in [0.25, 0.3) is 0 Å². The second kappa shape index (κ2) is 26.4. The fourth-order valence-corrected chi connectivity index (χ4v) is 7.33. The van der Waals surface area contributed by atoms with E-state index in [-0.39, 0.29) is 44.9 Å². The van der Waals surface area contributed by atoms with Crippen molar-refractivity contribution in [1.29, 1.82) is 0 Å². The monoisotopic (exact) mass is 968 g/mol. The molecule has 62 heavy (non-hydrogen) atoms. The molecule has 1 unspecified atom stereocenters. The molecule has 0 saturated heterocycles. The number of benzene rings is 3. The average Bonchev–Trinajstić information content (AvgIpc) is 3.24. The van der Waals surface area contributed by atoms with Gasteiger partial charge in [0.1, 0.15) is 30.2 Å². The second-order valence-corrected chi connectivity index (χ2v) is 16.4. The highest BCUT2D eigenvalue weighted by Crippen LogP contribution is 2.15. The van der Waals surface area contributed by atoms with E-state index in [1.807, 2.05) is 28.7 Å². The molecule has 0 heterocycles. The van der Waals surface area contributed by atoms with Gasteiger partial charge in [0, 0.05) is 29.6 Å². The molecule has 15 N–H and O–H groups in total. The molecule has 0 aliphatic heterocycles. The Kier molecular flexibility index (Phi) is 21.5. The first-order valence-electron chi connectivity index (χ1n) is 20.2. The second-order valence-electron chi connectivity index (χ2n) is 14.8. The lowest BCUT2D eigenvalue weighted by Crippen LogP contribution is -2.60. The Morgan fingerprint density at radius 3 is 1.23 bits per heavy atom. The maximum atomic E-state index is 14.2. The van der Waals surface area contributed by atoms with Crippen LogP contribution in [-0.2, 0) is 57.6 Å². The van der Waals surface area contributed by atoms with Crippen molar-refractivity contribution in [3.05, 3.63) is 108 Å². The molecule has 0 bridgehead atoms. The molecule has 3 aromatic rings. The van der Waals surface area contributed by atoms with Gasteiger partial charge in [0.15, 0.2) is 0 Å². The van der Waals surface area contributed by atoms with Gasteiger partial charge in [-0.05, 0) is 55.3 Å². The first kappa shape index (κ1) is 50.4. The minimum atomic E-state index is -1.47. The molecule has 0 spiro atoms. The van der Waals surface area contributed by atoms with E-state index in [4.69, 9.17) is 28.7 Å². The lowest BCUT2D eigenvalue weighted by Gasteiger charge is -2.28. The van der Waals surface area contributed by atoms with Gasteiger partial charge in [-0.15, -0.1) is 0 Å². The minimum Gasteiger partial charge on any atom is -0.370 e. The highest BCUT2D eigenvalue weighted by atomic mass is 127. The Balaban J connectivity index is 1.91. The molecule has 0 radical (unpaired) electrons.